The molecule has 1 aliphatic rings. The van der Waals surface area contributed by atoms with E-state index >= 15 is 0 Å². The average Bonchev–Trinajstić information content (AvgIpc) is 3.03. The van der Waals surface area contributed by atoms with Crippen LogP contribution in [0.3, 0.4) is 0 Å². The molecule has 1 aliphatic heterocycles. The van der Waals surface area contributed by atoms with E-state index in [0.29, 0.717) is 10.9 Å². The van der Waals surface area contributed by atoms with Crippen molar-refractivity contribution < 1.29 is 4.79 Å². The number of benzene rings is 1. The molecule has 1 fully saturated rings. The zero-order valence-electron chi connectivity index (χ0n) is 12.7. The van der Waals surface area contributed by atoms with E-state index in [4.69, 9.17) is 5.73 Å². The van der Waals surface area contributed by atoms with Gasteiger partial charge in [-0.05, 0) is 55.8 Å². The van der Waals surface area contributed by atoms with E-state index in [1.54, 1.807) is 0 Å². The summed E-state index contributed by atoms with van der Waals surface area (Å²) in [5, 5.41) is 4.79. The minimum Gasteiger partial charge on any atom is -0.397 e. The van der Waals surface area contributed by atoms with Crippen LogP contribution in [0.2, 0.25) is 0 Å². The Kier molecular flexibility index (Phi) is 4.34. The van der Waals surface area contributed by atoms with Crippen molar-refractivity contribution in [1.29, 1.82) is 0 Å². The molecule has 1 saturated heterocycles. The first-order valence-electron chi connectivity index (χ1n) is 7.66. The van der Waals surface area contributed by atoms with Crippen molar-refractivity contribution in [1.82, 2.24) is 0 Å². The van der Waals surface area contributed by atoms with Crippen molar-refractivity contribution in [2.75, 3.05) is 22.5 Å². The second-order valence-electron chi connectivity index (χ2n) is 5.74. The lowest BCUT2D eigenvalue weighted by molar-refractivity contribution is 0.103. The second-order valence-corrected chi connectivity index (χ2v) is 6.69. The molecule has 1 amide bonds. The van der Waals surface area contributed by atoms with Gasteiger partial charge in [0.15, 0.2) is 0 Å². The van der Waals surface area contributed by atoms with Gasteiger partial charge in [-0.15, -0.1) is 11.3 Å². The van der Waals surface area contributed by atoms with Crippen LogP contribution in [0.4, 0.5) is 17.1 Å². The third kappa shape index (κ3) is 3.09. The molecule has 22 heavy (non-hydrogen) atoms. The molecule has 5 heteroatoms. The summed E-state index contributed by atoms with van der Waals surface area (Å²) in [5.41, 5.74) is 8.75. The molecule has 0 aliphatic carbocycles. The van der Waals surface area contributed by atoms with E-state index in [1.165, 1.54) is 30.6 Å². The summed E-state index contributed by atoms with van der Waals surface area (Å²) in [6, 6.07) is 9.99. The number of hydrogen-bond acceptors (Lipinski definition) is 4. The van der Waals surface area contributed by atoms with Gasteiger partial charge < -0.3 is 16.0 Å². The monoisotopic (exact) mass is 315 g/mol. The van der Waals surface area contributed by atoms with E-state index in [-0.39, 0.29) is 5.91 Å². The van der Waals surface area contributed by atoms with Crippen molar-refractivity contribution in [3.05, 3.63) is 40.6 Å². The fraction of sp³-hybridized carbons (Fsp3) is 0.353. The molecule has 0 bridgehead atoms. The van der Waals surface area contributed by atoms with Gasteiger partial charge in [0.05, 0.1) is 16.3 Å². The van der Waals surface area contributed by atoms with Crippen molar-refractivity contribution in [3.63, 3.8) is 0 Å². The van der Waals surface area contributed by atoms with Crippen LogP contribution in [0.15, 0.2) is 35.7 Å². The molecule has 4 nitrogen and oxygen atoms in total. The summed E-state index contributed by atoms with van der Waals surface area (Å²) in [7, 11) is 0. The number of nitrogens with zero attached hydrogens (tertiary/aromatic N) is 1. The maximum absolute atomic E-state index is 12.1. The summed E-state index contributed by atoms with van der Waals surface area (Å²) in [6.07, 6.45) is 3.70. The summed E-state index contributed by atoms with van der Waals surface area (Å²) >= 11 is 1.43. The van der Waals surface area contributed by atoms with Gasteiger partial charge in [0.1, 0.15) is 0 Å². The molecule has 1 atom stereocenters. The molecular formula is C17H21N3OS. The van der Waals surface area contributed by atoms with Crippen LogP contribution in [0, 0.1) is 0 Å². The number of nitrogen functional groups attached to an aromatic ring is 1. The number of rotatable bonds is 3. The molecule has 116 valence electrons. The Bertz CT molecular complexity index is 654. The summed E-state index contributed by atoms with van der Waals surface area (Å²) in [6.45, 7) is 3.29. The Balaban J connectivity index is 1.76. The van der Waals surface area contributed by atoms with Crippen LogP contribution in [0.25, 0.3) is 0 Å². The molecule has 1 aromatic carbocycles. The van der Waals surface area contributed by atoms with Crippen LogP contribution in [0.1, 0.15) is 35.9 Å². The molecule has 3 rings (SSSR count). The number of amides is 1. The van der Waals surface area contributed by atoms with Gasteiger partial charge in [0.25, 0.3) is 5.91 Å². The van der Waals surface area contributed by atoms with E-state index in [9.17, 15) is 4.79 Å². The topological polar surface area (TPSA) is 58.4 Å². The molecule has 1 aromatic heterocycles. The van der Waals surface area contributed by atoms with Gasteiger partial charge in [-0.3, -0.25) is 4.79 Å². The molecule has 0 unspecified atom stereocenters. The average molecular weight is 315 g/mol. The molecule has 2 aromatic rings. The number of nitrogens with one attached hydrogen (secondary N) is 1. The molecular weight excluding hydrogens is 294 g/mol. The smallest absolute Gasteiger partial charge is 0.265 e. The highest BCUT2D eigenvalue weighted by Gasteiger charge is 2.20. The van der Waals surface area contributed by atoms with Crippen LogP contribution in [-0.4, -0.2) is 18.5 Å². The van der Waals surface area contributed by atoms with Gasteiger partial charge in [-0.25, -0.2) is 0 Å². The molecule has 3 N–H and O–H groups in total. The number of thiophene rings is 1. The Labute approximate surface area is 134 Å². The molecule has 0 radical (unpaired) electrons. The second kappa shape index (κ2) is 6.40. The number of anilines is 3. The highest BCUT2D eigenvalue weighted by Crippen LogP contribution is 2.31. The quantitative estimate of drug-likeness (QED) is 0.843. The maximum atomic E-state index is 12.1. The van der Waals surface area contributed by atoms with Crippen LogP contribution >= 0.6 is 11.3 Å². The van der Waals surface area contributed by atoms with Crippen LogP contribution < -0.4 is 16.0 Å². The van der Waals surface area contributed by atoms with E-state index < -0.39 is 0 Å². The van der Waals surface area contributed by atoms with Crippen LogP contribution in [-0.2, 0) is 0 Å². The first-order valence-corrected chi connectivity index (χ1v) is 8.54. The minimum atomic E-state index is -0.0894. The number of carbonyl (C=O) groups is 1. The van der Waals surface area contributed by atoms with Gasteiger partial charge in [0.2, 0.25) is 0 Å². The van der Waals surface area contributed by atoms with Crippen molar-refractivity contribution in [2.24, 2.45) is 0 Å². The largest absolute Gasteiger partial charge is 0.397 e. The molecule has 0 saturated carbocycles. The Morgan fingerprint density at radius 1 is 1.36 bits per heavy atom. The maximum Gasteiger partial charge on any atom is 0.265 e. The lowest BCUT2D eigenvalue weighted by Gasteiger charge is -2.36. The zero-order valence-corrected chi connectivity index (χ0v) is 13.5. The Morgan fingerprint density at radius 2 is 2.23 bits per heavy atom. The fourth-order valence-corrected chi connectivity index (χ4v) is 3.57. The molecule has 2 heterocycles. The summed E-state index contributed by atoms with van der Waals surface area (Å²) in [4.78, 5) is 15.1. The third-order valence-corrected chi connectivity index (χ3v) is 5.01. The van der Waals surface area contributed by atoms with E-state index in [1.807, 2.05) is 35.7 Å². The summed E-state index contributed by atoms with van der Waals surface area (Å²) in [5.74, 6) is -0.0894. The van der Waals surface area contributed by atoms with E-state index in [2.05, 4.69) is 17.1 Å². The van der Waals surface area contributed by atoms with Crippen LogP contribution in [0.5, 0.6) is 0 Å². The first kappa shape index (κ1) is 14.9. The lowest BCUT2D eigenvalue weighted by atomic mass is 10.0. The van der Waals surface area contributed by atoms with Crippen molar-refractivity contribution in [2.45, 2.75) is 32.2 Å². The number of carbonyl (C=O) groups excluding carboxylic acids is 1. The highest BCUT2D eigenvalue weighted by atomic mass is 32.1. The number of nitrogens with two attached hydrogens (primary N) is 1. The van der Waals surface area contributed by atoms with Gasteiger partial charge in [0, 0.05) is 18.3 Å². The SMILES string of the molecule is C[C@H]1CCCCN1c1ccc(NC(=O)c2cccs2)cc1N. The predicted molar refractivity (Wildman–Crippen MR) is 93.8 cm³/mol. The Hall–Kier alpha value is -2.01. The third-order valence-electron chi connectivity index (χ3n) is 4.14. The Morgan fingerprint density at radius 3 is 2.91 bits per heavy atom. The standard InChI is InChI=1S/C17H21N3OS/c1-12-5-2-3-9-20(12)15-8-7-13(11-14(15)18)19-17(21)16-6-4-10-22-16/h4,6-8,10-12H,2-3,5,9,18H2,1H3,(H,19,21)/t12-/m0/s1. The summed E-state index contributed by atoms with van der Waals surface area (Å²) < 4.78 is 0. The van der Waals surface area contributed by atoms with Gasteiger partial charge >= 0.3 is 0 Å². The van der Waals surface area contributed by atoms with E-state index in [0.717, 1.165) is 23.6 Å². The van der Waals surface area contributed by atoms with Gasteiger partial charge in [-0.1, -0.05) is 6.07 Å². The number of piperidine rings is 1. The number of hydrogen-bond donors (Lipinski definition) is 2. The fourth-order valence-electron chi connectivity index (χ4n) is 2.95. The first-order chi connectivity index (χ1) is 10.6. The normalized spacial score (nSPS) is 18.2. The zero-order chi connectivity index (χ0) is 15.5. The predicted octanol–water partition coefficient (Wildman–Crippen LogP) is 3.96. The van der Waals surface area contributed by atoms with Gasteiger partial charge in [-0.2, -0.15) is 0 Å². The minimum absolute atomic E-state index is 0.0894. The molecule has 0 spiro atoms. The highest BCUT2D eigenvalue weighted by molar-refractivity contribution is 7.12. The van der Waals surface area contributed by atoms with Crippen molar-refractivity contribution in [3.8, 4) is 0 Å². The lowest BCUT2D eigenvalue weighted by Crippen LogP contribution is -2.37. The van der Waals surface area contributed by atoms with Crippen molar-refractivity contribution >= 4 is 34.3 Å².